The van der Waals surface area contributed by atoms with Crippen molar-refractivity contribution in [1.29, 1.82) is 0 Å². The molecule has 2 rings (SSSR count). The van der Waals surface area contributed by atoms with Crippen molar-refractivity contribution in [3.63, 3.8) is 0 Å². The van der Waals surface area contributed by atoms with E-state index < -0.39 is 0 Å². The zero-order valence-electron chi connectivity index (χ0n) is 13.7. The summed E-state index contributed by atoms with van der Waals surface area (Å²) in [6.07, 6.45) is 4.04. The molecule has 4 atom stereocenters. The van der Waals surface area contributed by atoms with E-state index in [1.165, 1.54) is 45.4 Å². The lowest BCUT2D eigenvalue weighted by atomic mass is 9.84. The molecule has 2 nitrogen and oxygen atoms in total. The Bertz CT molecular complexity index is 277. The Morgan fingerprint density at radius 2 is 1.79 bits per heavy atom. The van der Waals surface area contributed by atoms with Crippen LogP contribution in [0.5, 0.6) is 0 Å². The molecule has 1 heterocycles. The third-order valence-corrected chi connectivity index (χ3v) is 5.64. The molecule has 1 saturated carbocycles. The highest BCUT2D eigenvalue weighted by Crippen LogP contribution is 2.42. The molecule has 19 heavy (non-hydrogen) atoms. The maximum Gasteiger partial charge on any atom is 0.0159 e. The van der Waals surface area contributed by atoms with Crippen LogP contribution in [0.25, 0.3) is 0 Å². The second-order valence-electron chi connectivity index (χ2n) is 7.89. The van der Waals surface area contributed by atoms with Gasteiger partial charge in [0, 0.05) is 25.7 Å². The first-order chi connectivity index (χ1) is 8.94. The lowest BCUT2D eigenvalue weighted by Gasteiger charge is -2.33. The van der Waals surface area contributed by atoms with Crippen molar-refractivity contribution in [3.05, 3.63) is 0 Å². The van der Waals surface area contributed by atoms with E-state index in [1.807, 2.05) is 0 Å². The van der Waals surface area contributed by atoms with E-state index in [0.29, 0.717) is 5.41 Å². The standard InChI is InChI=1S/C17H34N2/c1-6-9-18-16-15(7-8-17(16,4)5)12-19-10-13(2)14(3)11-19/h13-16,18H,6-12H2,1-5H3. The van der Waals surface area contributed by atoms with Crippen LogP contribution in [0, 0.1) is 23.2 Å². The maximum absolute atomic E-state index is 3.84. The Kier molecular flexibility index (Phi) is 4.94. The van der Waals surface area contributed by atoms with E-state index in [2.05, 4.69) is 44.8 Å². The third kappa shape index (κ3) is 3.52. The summed E-state index contributed by atoms with van der Waals surface area (Å²) in [5.41, 5.74) is 0.483. The Morgan fingerprint density at radius 3 is 2.37 bits per heavy atom. The largest absolute Gasteiger partial charge is 0.313 e. The van der Waals surface area contributed by atoms with Gasteiger partial charge >= 0.3 is 0 Å². The SMILES string of the molecule is CCCNC1C(CN2CC(C)C(C)C2)CCC1(C)C. The summed E-state index contributed by atoms with van der Waals surface area (Å²) in [4.78, 5) is 2.72. The van der Waals surface area contributed by atoms with Gasteiger partial charge in [0.25, 0.3) is 0 Å². The highest BCUT2D eigenvalue weighted by atomic mass is 15.2. The van der Waals surface area contributed by atoms with Crippen molar-refractivity contribution < 1.29 is 0 Å². The predicted octanol–water partition coefficient (Wildman–Crippen LogP) is 3.38. The Morgan fingerprint density at radius 1 is 1.16 bits per heavy atom. The second kappa shape index (κ2) is 6.13. The molecule has 0 amide bonds. The smallest absolute Gasteiger partial charge is 0.0159 e. The zero-order valence-corrected chi connectivity index (χ0v) is 13.7. The van der Waals surface area contributed by atoms with E-state index in [4.69, 9.17) is 0 Å². The molecule has 112 valence electrons. The molecule has 0 aromatic rings. The lowest BCUT2D eigenvalue weighted by molar-refractivity contribution is 0.199. The van der Waals surface area contributed by atoms with Crippen molar-refractivity contribution >= 4 is 0 Å². The molecule has 0 aromatic heterocycles. The van der Waals surface area contributed by atoms with Crippen LogP contribution in [0.4, 0.5) is 0 Å². The number of hydrogen-bond donors (Lipinski definition) is 1. The van der Waals surface area contributed by atoms with Gasteiger partial charge in [-0.1, -0.05) is 34.6 Å². The van der Waals surface area contributed by atoms with Crippen LogP contribution < -0.4 is 5.32 Å². The molecule has 2 aliphatic rings. The summed E-state index contributed by atoms with van der Waals surface area (Å²) in [7, 11) is 0. The fourth-order valence-electron chi connectivity index (χ4n) is 4.19. The van der Waals surface area contributed by atoms with Crippen LogP contribution in [0.15, 0.2) is 0 Å². The molecule has 1 aliphatic carbocycles. The second-order valence-corrected chi connectivity index (χ2v) is 7.89. The van der Waals surface area contributed by atoms with Crippen LogP contribution in [0.2, 0.25) is 0 Å². The van der Waals surface area contributed by atoms with Crippen molar-refractivity contribution in [1.82, 2.24) is 10.2 Å². The van der Waals surface area contributed by atoms with Crippen molar-refractivity contribution in [2.24, 2.45) is 23.2 Å². The van der Waals surface area contributed by atoms with Crippen molar-refractivity contribution in [2.45, 2.75) is 59.9 Å². The van der Waals surface area contributed by atoms with E-state index in [-0.39, 0.29) is 0 Å². The number of rotatable bonds is 5. The van der Waals surface area contributed by atoms with Gasteiger partial charge in [0.1, 0.15) is 0 Å². The van der Waals surface area contributed by atoms with Gasteiger partial charge in [0.2, 0.25) is 0 Å². The van der Waals surface area contributed by atoms with Crippen LogP contribution in [-0.2, 0) is 0 Å². The quantitative estimate of drug-likeness (QED) is 0.820. The average molecular weight is 266 g/mol. The van der Waals surface area contributed by atoms with Crippen molar-refractivity contribution in [3.8, 4) is 0 Å². The monoisotopic (exact) mass is 266 g/mol. The molecule has 1 aliphatic heterocycles. The first-order valence-electron chi connectivity index (χ1n) is 8.39. The fourth-order valence-corrected chi connectivity index (χ4v) is 4.19. The summed E-state index contributed by atoms with van der Waals surface area (Å²) < 4.78 is 0. The molecule has 0 spiro atoms. The van der Waals surface area contributed by atoms with Crippen LogP contribution in [0.3, 0.4) is 0 Å². The first-order valence-corrected chi connectivity index (χ1v) is 8.39. The van der Waals surface area contributed by atoms with E-state index in [0.717, 1.165) is 23.8 Å². The van der Waals surface area contributed by atoms with Gasteiger partial charge in [-0.15, -0.1) is 0 Å². The summed E-state index contributed by atoms with van der Waals surface area (Å²) in [6, 6.07) is 0.721. The minimum atomic E-state index is 0.483. The molecule has 1 N–H and O–H groups in total. The minimum Gasteiger partial charge on any atom is -0.313 e. The van der Waals surface area contributed by atoms with Crippen LogP contribution in [-0.4, -0.2) is 37.1 Å². The van der Waals surface area contributed by atoms with Gasteiger partial charge in [-0.05, 0) is 49.0 Å². The molecule has 0 bridgehead atoms. The highest BCUT2D eigenvalue weighted by molar-refractivity contribution is 4.97. The van der Waals surface area contributed by atoms with Crippen molar-refractivity contribution in [2.75, 3.05) is 26.2 Å². The lowest BCUT2D eigenvalue weighted by Crippen LogP contribution is -2.45. The number of nitrogens with one attached hydrogen (secondary N) is 1. The normalized spacial score (nSPS) is 39.0. The van der Waals surface area contributed by atoms with Gasteiger partial charge in [0.05, 0.1) is 0 Å². The van der Waals surface area contributed by atoms with Gasteiger partial charge in [0.15, 0.2) is 0 Å². The fraction of sp³-hybridized carbons (Fsp3) is 1.00. The minimum absolute atomic E-state index is 0.483. The van der Waals surface area contributed by atoms with Gasteiger partial charge in [-0.25, -0.2) is 0 Å². The van der Waals surface area contributed by atoms with Crippen LogP contribution in [0.1, 0.15) is 53.9 Å². The Balaban J connectivity index is 1.91. The zero-order chi connectivity index (χ0) is 14.0. The molecular formula is C17H34N2. The molecule has 2 heteroatoms. The molecule has 2 fully saturated rings. The number of hydrogen-bond acceptors (Lipinski definition) is 2. The molecule has 0 aromatic carbocycles. The summed E-state index contributed by atoms with van der Waals surface area (Å²) in [6.45, 7) is 17.1. The van der Waals surface area contributed by atoms with E-state index in [1.54, 1.807) is 0 Å². The number of nitrogens with zero attached hydrogens (tertiary/aromatic N) is 1. The Labute approximate surface area is 120 Å². The van der Waals surface area contributed by atoms with Gasteiger partial charge in [-0.3, -0.25) is 0 Å². The average Bonchev–Trinajstić information content (AvgIpc) is 2.79. The summed E-state index contributed by atoms with van der Waals surface area (Å²) in [5.74, 6) is 2.63. The van der Waals surface area contributed by atoms with Gasteiger partial charge in [-0.2, -0.15) is 0 Å². The molecule has 4 unspecified atom stereocenters. The highest BCUT2D eigenvalue weighted by Gasteiger charge is 2.42. The van der Waals surface area contributed by atoms with Crippen LogP contribution >= 0.6 is 0 Å². The molecule has 1 saturated heterocycles. The first kappa shape index (κ1) is 15.3. The maximum atomic E-state index is 3.84. The van der Waals surface area contributed by atoms with E-state index in [9.17, 15) is 0 Å². The number of likely N-dealkylation sites (tertiary alicyclic amines) is 1. The molecular weight excluding hydrogens is 232 g/mol. The topological polar surface area (TPSA) is 15.3 Å². The Hall–Kier alpha value is -0.0800. The van der Waals surface area contributed by atoms with E-state index >= 15 is 0 Å². The summed E-state index contributed by atoms with van der Waals surface area (Å²) >= 11 is 0. The predicted molar refractivity (Wildman–Crippen MR) is 83.4 cm³/mol. The molecule has 0 radical (unpaired) electrons. The van der Waals surface area contributed by atoms with Gasteiger partial charge < -0.3 is 10.2 Å². The summed E-state index contributed by atoms with van der Waals surface area (Å²) in [5, 5.41) is 3.84. The third-order valence-electron chi connectivity index (χ3n) is 5.64.